The molecule has 0 heterocycles. The van der Waals surface area contributed by atoms with Crippen molar-refractivity contribution in [1.82, 2.24) is 0 Å². The summed E-state index contributed by atoms with van der Waals surface area (Å²) < 4.78 is 0.870. The first kappa shape index (κ1) is 13.3. The van der Waals surface area contributed by atoms with Crippen LogP contribution in [-0.2, 0) is 0 Å². The third-order valence-corrected chi connectivity index (χ3v) is 3.04. The van der Waals surface area contributed by atoms with Crippen LogP contribution < -0.4 is 5.32 Å². The Hall–Kier alpha value is -2.14. The minimum Gasteiger partial charge on any atom is -0.478 e. The fourth-order valence-corrected chi connectivity index (χ4v) is 1.84. The molecule has 0 bridgehead atoms. The normalized spacial score (nSPS) is 9.95. The number of anilines is 1. The molecule has 0 unspecified atom stereocenters. The van der Waals surface area contributed by atoms with Gasteiger partial charge in [0.2, 0.25) is 0 Å². The summed E-state index contributed by atoms with van der Waals surface area (Å²) in [6.07, 6.45) is 0. The molecule has 2 aromatic carbocycles. The highest BCUT2D eigenvalue weighted by molar-refractivity contribution is 9.10. The topological polar surface area (TPSA) is 66.4 Å². The predicted molar refractivity (Wildman–Crippen MR) is 75.5 cm³/mol. The van der Waals surface area contributed by atoms with Gasteiger partial charge in [0.15, 0.2) is 0 Å². The van der Waals surface area contributed by atoms with E-state index >= 15 is 0 Å². The largest absolute Gasteiger partial charge is 0.478 e. The summed E-state index contributed by atoms with van der Waals surface area (Å²) in [7, 11) is 0. The van der Waals surface area contributed by atoms with Crippen LogP contribution >= 0.6 is 15.9 Å². The Morgan fingerprint density at radius 1 is 1.00 bits per heavy atom. The number of amides is 1. The monoisotopic (exact) mass is 319 g/mol. The molecule has 0 aliphatic rings. The fourth-order valence-electron chi connectivity index (χ4n) is 1.57. The maximum atomic E-state index is 12.0. The third-order valence-electron chi connectivity index (χ3n) is 2.51. The van der Waals surface area contributed by atoms with E-state index in [2.05, 4.69) is 21.2 Å². The van der Waals surface area contributed by atoms with Gasteiger partial charge in [-0.15, -0.1) is 0 Å². The lowest BCUT2D eigenvalue weighted by molar-refractivity contribution is 0.0698. The quantitative estimate of drug-likeness (QED) is 0.911. The van der Waals surface area contributed by atoms with E-state index in [4.69, 9.17) is 5.11 Å². The summed E-state index contributed by atoms with van der Waals surface area (Å²) in [6.45, 7) is 0. The van der Waals surface area contributed by atoms with Gasteiger partial charge in [-0.1, -0.05) is 28.1 Å². The van der Waals surface area contributed by atoms with Crippen molar-refractivity contribution in [1.29, 1.82) is 0 Å². The Bertz CT molecular complexity index is 623. The summed E-state index contributed by atoms with van der Waals surface area (Å²) in [5, 5.41) is 11.6. The second-order valence-electron chi connectivity index (χ2n) is 3.81. The lowest BCUT2D eigenvalue weighted by Gasteiger charge is -2.08. The van der Waals surface area contributed by atoms with Crippen molar-refractivity contribution in [2.45, 2.75) is 0 Å². The lowest BCUT2D eigenvalue weighted by atomic mass is 10.1. The average molecular weight is 320 g/mol. The summed E-state index contributed by atoms with van der Waals surface area (Å²) in [6, 6.07) is 13.1. The molecule has 2 rings (SSSR count). The van der Waals surface area contributed by atoms with Crippen LogP contribution in [0.2, 0.25) is 0 Å². The highest BCUT2D eigenvalue weighted by Gasteiger charge is 2.12. The molecule has 1 amide bonds. The van der Waals surface area contributed by atoms with Crippen molar-refractivity contribution < 1.29 is 14.7 Å². The molecule has 0 radical (unpaired) electrons. The van der Waals surface area contributed by atoms with E-state index in [1.165, 1.54) is 6.07 Å². The number of halogens is 1. The minimum atomic E-state index is -1.08. The Labute approximate surface area is 118 Å². The Kier molecular flexibility index (Phi) is 3.97. The number of carbonyl (C=O) groups is 2. The van der Waals surface area contributed by atoms with E-state index in [1.807, 2.05) is 0 Å². The van der Waals surface area contributed by atoms with E-state index in [1.54, 1.807) is 42.5 Å². The van der Waals surface area contributed by atoms with Crippen molar-refractivity contribution in [3.8, 4) is 0 Å². The summed E-state index contributed by atoms with van der Waals surface area (Å²) in [5.41, 5.74) is 0.805. The number of aromatic carboxylic acids is 1. The number of hydrogen-bond acceptors (Lipinski definition) is 2. The number of benzene rings is 2. The number of carbonyl (C=O) groups excluding carboxylic acids is 1. The molecule has 0 aromatic heterocycles. The molecule has 0 spiro atoms. The summed E-state index contributed by atoms with van der Waals surface area (Å²) in [4.78, 5) is 23.0. The molecular weight excluding hydrogens is 310 g/mol. The summed E-state index contributed by atoms with van der Waals surface area (Å²) in [5.74, 6) is -1.42. The first-order chi connectivity index (χ1) is 9.08. The number of rotatable bonds is 3. The Morgan fingerprint density at radius 2 is 1.63 bits per heavy atom. The number of nitrogens with one attached hydrogen (secondary N) is 1. The van der Waals surface area contributed by atoms with Gasteiger partial charge in [-0.25, -0.2) is 4.79 Å². The molecule has 19 heavy (non-hydrogen) atoms. The van der Waals surface area contributed by atoms with Crippen molar-refractivity contribution in [3.63, 3.8) is 0 Å². The van der Waals surface area contributed by atoms with E-state index < -0.39 is 5.97 Å². The van der Waals surface area contributed by atoms with Gasteiger partial charge in [-0.05, 0) is 36.4 Å². The van der Waals surface area contributed by atoms with Crippen LogP contribution in [0.25, 0.3) is 0 Å². The van der Waals surface area contributed by atoms with Crippen LogP contribution in [0.5, 0.6) is 0 Å². The molecule has 0 aliphatic heterocycles. The molecule has 0 fully saturated rings. The van der Waals surface area contributed by atoms with Crippen LogP contribution in [0.1, 0.15) is 20.7 Å². The Morgan fingerprint density at radius 3 is 2.26 bits per heavy atom. The smallest absolute Gasteiger partial charge is 0.337 e. The van der Waals surface area contributed by atoms with Crippen LogP contribution in [0, 0.1) is 0 Å². The molecule has 2 aromatic rings. The van der Waals surface area contributed by atoms with Crippen molar-refractivity contribution in [2.75, 3.05) is 5.32 Å². The molecule has 5 heteroatoms. The van der Waals surface area contributed by atoms with Crippen molar-refractivity contribution in [3.05, 3.63) is 64.1 Å². The molecule has 96 valence electrons. The maximum absolute atomic E-state index is 12.0. The van der Waals surface area contributed by atoms with Gasteiger partial charge in [0.1, 0.15) is 0 Å². The predicted octanol–water partition coefficient (Wildman–Crippen LogP) is 3.40. The maximum Gasteiger partial charge on any atom is 0.337 e. The Balaban J connectivity index is 2.24. The van der Waals surface area contributed by atoms with Gasteiger partial charge < -0.3 is 10.4 Å². The molecule has 4 nitrogen and oxygen atoms in total. The van der Waals surface area contributed by atoms with Crippen LogP contribution in [0.15, 0.2) is 53.0 Å². The SMILES string of the molecule is O=C(Nc1ccccc1C(=O)O)c1ccc(Br)cc1. The van der Waals surface area contributed by atoms with Gasteiger partial charge >= 0.3 is 5.97 Å². The minimum absolute atomic E-state index is 0.0629. The number of carboxylic acids is 1. The standard InChI is InChI=1S/C14H10BrNO3/c15-10-7-5-9(6-8-10)13(17)16-12-4-2-1-3-11(12)14(18)19/h1-8H,(H,16,17)(H,18,19). The third kappa shape index (κ3) is 3.20. The number of para-hydroxylation sites is 1. The van der Waals surface area contributed by atoms with E-state index in [0.717, 1.165) is 4.47 Å². The highest BCUT2D eigenvalue weighted by Crippen LogP contribution is 2.17. The molecular formula is C14H10BrNO3. The zero-order valence-corrected chi connectivity index (χ0v) is 11.3. The lowest BCUT2D eigenvalue weighted by Crippen LogP contribution is -2.14. The van der Waals surface area contributed by atoms with Gasteiger partial charge in [0.05, 0.1) is 11.3 Å². The molecule has 0 aliphatic carbocycles. The molecule has 0 saturated carbocycles. The highest BCUT2D eigenvalue weighted by atomic mass is 79.9. The summed E-state index contributed by atoms with van der Waals surface area (Å²) >= 11 is 3.28. The first-order valence-corrected chi connectivity index (χ1v) is 6.26. The second kappa shape index (κ2) is 5.67. The van der Waals surface area contributed by atoms with Crippen LogP contribution in [0.4, 0.5) is 5.69 Å². The van der Waals surface area contributed by atoms with Crippen LogP contribution in [-0.4, -0.2) is 17.0 Å². The van der Waals surface area contributed by atoms with Gasteiger partial charge in [0.25, 0.3) is 5.91 Å². The first-order valence-electron chi connectivity index (χ1n) is 5.47. The van der Waals surface area contributed by atoms with Crippen molar-refractivity contribution in [2.24, 2.45) is 0 Å². The zero-order chi connectivity index (χ0) is 13.8. The van der Waals surface area contributed by atoms with E-state index in [0.29, 0.717) is 5.56 Å². The van der Waals surface area contributed by atoms with Crippen LogP contribution in [0.3, 0.4) is 0 Å². The molecule has 0 saturated heterocycles. The molecule has 2 N–H and O–H groups in total. The average Bonchev–Trinajstić information content (AvgIpc) is 2.39. The van der Waals surface area contributed by atoms with Gasteiger partial charge in [0, 0.05) is 10.0 Å². The van der Waals surface area contributed by atoms with E-state index in [9.17, 15) is 9.59 Å². The zero-order valence-electron chi connectivity index (χ0n) is 9.76. The number of hydrogen-bond donors (Lipinski definition) is 2. The van der Waals surface area contributed by atoms with Gasteiger partial charge in [-0.3, -0.25) is 4.79 Å². The van der Waals surface area contributed by atoms with Crippen molar-refractivity contribution >= 4 is 33.5 Å². The van der Waals surface area contributed by atoms with Gasteiger partial charge in [-0.2, -0.15) is 0 Å². The number of carboxylic acid groups (broad SMARTS) is 1. The molecule has 0 atom stereocenters. The van der Waals surface area contributed by atoms with E-state index in [-0.39, 0.29) is 17.2 Å². The fraction of sp³-hybridized carbons (Fsp3) is 0. The second-order valence-corrected chi connectivity index (χ2v) is 4.73.